The number of benzene rings is 2. The van der Waals surface area contributed by atoms with Gasteiger partial charge in [0.2, 0.25) is 5.91 Å². The molecule has 0 N–H and O–H groups in total. The number of carbonyl (C=O) groups is 2. The SMILES string of the molecule is CCC(=O)N1CCCN(C(=O)c2ccc(-c3ccccc3)cc2)CC1. The number of hydrogen-bond acceptors (Lipinski definition) is 2. The molecule has 1 heterocycles. The van der Waals surface area contributed by atoms with Crippen LogP contribution in [0.25, 0.3) is 11.1 Å². The lowest BCUT2D eigenvalue weighted by molar-refractivity contribution is -0.130. The van der Waals surface area contributed by atoms with Crippen molar-refractivity contribution in [3.8, 4) is 11.1 Å². The lowest BCUT2D eigenvalue weighted by atomic mass is 10.0. The first kappa shape index (κ1) is 17.2. The van der Waals surface area contributed by atoms with Crippen LogP contribution in [-0.4, -0.2) is 47.8 Å². The van der Waals surface area contributed by atoms with Crippen molar-refractivity contribution in [2.45, 2.75) is 19.8 Å². The molecule has 0 unspecified atom stereocenters. The second-order valence-electron chi connectivity index (χ2n) is 6.32. The molecule has 3 rings (SSSR count). The molecule has 4 nitrogen and oxygen atoms in total. The topological polar surface area (TPSA) is 40.6 Å². The Morgan fingerprint density at radius 3 is 2.08 bits per heavy atom. The number of rotatable bonds is 3. The molecule has 2 aromatic carbocycles. The van der Waals surface area contributed by atoms with E-state index in [9.17, 15) is 9.59 Å². The molecule has 0 aromatic heterocycles. The van der Waals surface area contributed by atoms with E-state index in [1.165, 1.54) is 0 Å². The van der Waals surface area contributed by atoms with Crippen molar-refractivity contribution < 1.29 is 9.59 Å². The summed E-state index contributed by atoms with van der Waals surface area (Å²) in [5, 5.41) is 0. The van der Waals surface area contributed by atoms with E-state index in [1.807, 2.05) is 59.2 Å². The molecule has 1 aliphatic heterocycles. The van der Waals surface area contributed by atoms with Crippen LogP contribution in [-0.2, 0) is 4.79 Å². The Kier molecular flexibility index (Phi) is 5.49. The van der Waals surface area contributed by atoms with E-state index in [1.54, 1.807) is 0 Å². The first-order valence-electron chi connectivity index (χ1n) is 8.91. The second kappa shape index (κ2) is 7.97. The van der Waals surface area contributed by atoms with Gasteiger partial charge in [-0.15, -0.1) is 0 Å². The van der Waals surface area contributed by atoms with Crippen LogP contribution in [0.2, 0.25) is 0 Å². The summed E-state index contributed by atoms with van der Waals surface area (Å²) in [4.78, 5) is 28.4. The van der Waals surface area contributed by atoms with E-state index in [-0.39, 0.29) is 11.8 Å². The summed E-state index contributed by atoms with van der Waals surface area (Å²) < 4.78 is 0. The molecule has 0 spiro atoms. The standard InChI is InChI=1S/C21H24N2O2/c1-2-20(24)22-13-6-14-23(16-15-22)21(25)19-11-9-18(10-12-19)17-7-4-3-5-8-17/h3-5,7-12H,2,6,13-16H2,1H3. The molecule has 1 saturated heterocycles. The predicted molar refractivity (Wildman–Crippen MR) is 99.3 cm³/mol. The van der Waals surface area contributed by atoms with Gasteiger partial charge in [-0.1, -0.05) is 49.4 Å². The van der Waals surface area contributed by atoms with Crippen molar-refractivity contribution in [2.24, 2.45) is 0 Å². The zero-order valence-corrected chi connectivity index (χ0v) is 14.6. The third kappa shape index (κ3) is 4.08. The maximum absolute atomic E-state index is 12.8. The molecule has 0 saturated carbocycles. The summed E-state index contributed by atoms with van der Waals surface area (Å²) >= 11 is 0. The summed E-state index contributed by atoms with van der Waals surface area (Å²) in [5.41, 5.74) is 2.95. The number of carbonyl (C=O) groups excluding carboxylic acids is 2. The van der Waals surface area contributed by atoms with Crippen molar-refractivity contribution in [1.29, 1.82) is 0 Å². The average Bonchev–Trinajstić information content (AvgIpc) is 2.94. The van der Waals surface area contributed by atoms with Crippen molar-refractivity contribution in [2.75, 3.05) is 26.2 Å². The van der Waals surface area contributed by atoms with Crippen LogP contribution >= 0.6 is 0 Å². The zero-order valence-electron chi connectivity index (χ0n) is 14.6. The lowest BCUT2D eigenvalue weighted by Crippen LogP contribution is -2.37. The van der Waals surface area contributed by atoms with Gasteiger partial charge >= 0.3 is 0 Å². The third-order valence-corrected chi connectivity index (χ3v) is 4.68. The van der Waals surface area contributed by atoms with E-state index in [4.69, 9.17) is 0 Å². The molecule has 1 fully saturated rings. The summed E-state index contributed by atoms with van der Waals surface area (Å²) in [6, 6.07) is 17.9. The van der Waals surface area contributed by atoms with Crippen LogP contribution in [0.4, 0.5) is 0 Å². The Bertz CT molecular complexity index is 725. The van der Waals surface area contributed by atoms with Crippen LogP contribution in [0.1, 0.15) is 30.1 Å². The molecule has 2 aromatic rings. The van der Waals surface area contributed by atoms with Crippen LogP contribution in [0.3, 0.4) is 0 Å². The number of amides is 2. The molecular formula is C21H24N2O2. The van der Waals surface area contributed by atoms with Gasteiger partial charge in [0.25, 0.3) is 5.91 Å². The highest BCUT2D eigenvalue weighted by Gasteiger charge is 2.22. The highest BCUT2D eigenvalue weighted by Crippen LogP contribution is 2.20. The van der Waals surface area contributed by atoms with Crippen molar-refractivity contribution >= 4 is 11.8 Å². The molecule has 0 atom stereocenters. The van der Waals surface area contributed by atoms with Crippen LogP contribution < -0.4 is 0 Å². The number of nitrogens with zero attached hydrogens (tertiary/aromatic N) is 2. The van der Waals surface area contributed by atoms with Gasteiger partial charge in [-0.2, -0.15) is 0 Å². The minimum Gasteiger partial charge on any atom is -0.341 e. The molecule has 1 aliphatic rings. The van der Waals surface area contributed by atoms with Crippen molar-refractivity contribution in [3.63, 3.8) is 0 Å². The Balaban J connectivity index is 1.68. The van der Waals surface area contributed by atoms with E-state index in [0.29, 0.717) is 31.6 Å². The Hall–Kier alpha value is -2.62. The van der Waals surface area contributed by atoms with Gasteiger partial charge in [-0.05, 0) is 29.7 Å². The molecule has 0 bridgehead atoms. The van der Waals surface area contributed by atoms with E-state index < -0.39 is 0 Å². The fourth-order valence-corrected chi connectivity index (χ4v) is 3.21. The molecule has 4 heteroatoms. The monoisotopic (exact) mass is 336 g/mol. The summed E-state index contributed by atoms with van der Waals surface area (Å²) in [7, 11) is 0. The Morgan fingerprint density at radius 1 is 0.800 bits per heavy atom. The summed E-state index contributed by atoms with van der Waals surface area (Å²) in [5.74, 6) is 0.215. The first-order valence-corrected chi connectivity index (χ1v) is 8.91. The maximum Gasteiger partial charge on any atom is 0.253 e. The second-order valence-corrected chi connectivity index (χ2v) is 6.32. The summed E-state index contributed by atoms with van der Waals surface area (Å²) in [6.07, 6.45) is 1.36. The van der Waals surface area contributed by atoms with Gasteiger partial charge in [0.15, 0.2) is 0 Å². The van der Waals surface area contributed by atoms with Crippen molar-refractivity contribution in [3.05, 3.63) is 60.2 Å². The predicted octanol–water partition coefficient (Wildman–Crippen LogP) is 3.44. The van der Waals surface area contributed by atoms with Crippen molar-refractivity contribution in [1.82, 2.24) is 9.80 Å². The molecule has 2 amide bonds. The molecule has 25 heavy (non-hydrogen) atoms. The van der Waals surface area contributed by atoms with E-state index in [2.05, 4.69) is 12.1 Å². The van der Waals surface area contributed by atoms with Gasteiger partial charge < -0.3 is 9.80 Å². The van der Waals surface area contributed by atoms with Crippen LogP contribution in [0.5, 0.6) is 0 Å². The minimum absolute atomic E-state index is 0.0467. The first-order chi connectivity index (χ1) is 12.2. The van der Waals surface area contributed by atoms with Crippen LogP contribution in [0.15, 0.2) is 54.6 Å². The highest BCUT2D eigenvalue weighted by atomic mass is 16.2. The van der Waals surface area contributed by atoms with E-state index in [0.717, 1.165) is 24.1 Å². The Labute approximate surface area is 149 Å². The molecule has 0 radical (unpaired) electrons. The van der Waals surface area contributed by atoms with Gasteiger partial charge in [0.1, 0.15) is 0 Å². The van der Waals surface area contributed by atoms with Gasteiger partial charge in [-0.25, -0.2) is 0 Å². The largest absolute Gasteiger partial charge is 0.341 e. The fraction of sp³-hybridized carbons (Fsp3) is 0.333. The van der Waals surface area contributed by atoms with Crippen LogP contribution in [0, 0.1) is 0 Å². The van der Waals surface area contributed by atoms with Gasteiger partial charge in [-0.3, -0.25) is 9.59 Å². The fourth-order valence-electron chi connectivity index (χ4n) is 3.21. The molecule has 0 aliphatic carbocycles. The maximum atomic E-state index is 12.8. The average molecular weight is 336 g/mol. The normalized spacial score (nSPS) is 14.9. The van der Waals surface area contributed by atoms with Gasteiger partial charge in [0, 0.05) is 38.2 Å². The zero-order chi connectivity index (χ0) is 17.6. The quantitative estimate of drug-likeness (QED) is 0.861. The Morgan fingerprint density at radius 2 is 1.40 bits per heavy atom. The summed E-state index contributed by atoms with van der Waals surface area (Å²) in [6.45, 7) is 4.55. The molecule has 130 valence electrons. The lowest BCUT2D eigenvalue weighted by Gasteiger charge is -2.22. The third-order valence-electron chi connectivity index (χ3n) is 4.68. The van der Waals surface area contributed by atoms with Gasteiger partial charge in [0.05, 0.1) is 0 Å². The highest BCUT2D eigenvalue weighted by molar-refractivity contribution is 5.94. The molecular weight excluding hydrogens is 312 g/mol. The minimum atomic E-state index is 0.0467. The van der Waals surface area contributed by atoms with E-state index >= 15 is 0 Å². The number of hydrogen-bond donors (Lipinski definition) is 0. The smallest absolute Gasteiger partial charge is 0.253 e.